The van der Waals surface area contributed by atoms with Gasteiger partial charge in [-0.25, -0.2) is 4.79 Å². The van der Waals surface area contributed by atoms with E-state index < -0.39 is 11.7 Å². The maximum Gasteiger partial charge on any atom is 0.413 e. The first-order valence-corrected chi connectivity index (χ1v) is 6.12. The number of carbonyl (C=O) groups is 1. The van der Waals surface area contributed by atoms with E-state index in [0.717, 1.165) is 8.45 Å². The minimum absolute atomic E-state index is 0.495. The maximum absolute atomic E-state index is 11.4. The van der Waals surface area contributed by atoms with Crippen LogP contribution in [0.3, 0.4) is 0 Å². The number of nitrogens with one attached hydrogen (secondary N) is 1. The summed E-state index contributed by atoms with van der Waals surface area (Å²) in [6, 6.07) is 0. The molecule has 1 aromatic rings. The van der Waals surface area contributed by atoms with E-state index in [2.05, 4.69) is 39.2 Å². The molecule has 0 atom stereocenters. The van der Waals surface area contributed by atoms with Gasteiger partial charge in [0.2, 0.25) is 0 Å². The summed E-state index contributed by atoms with van der Waals surface area (Å²) in [6.07, 6.45) is -0.495. The molecule has 1 aromatic heterocycles. The number of carbonyl (C=O) groups excluding carboxylic acids is 1. The third kappa shape index (κ3) is 3.94. The second kappa shape index (κ2) is 4.65. The zero-order chi connectivity index (χ0) is 11.6. The SMILES string of the molecule is [CH2]c1snc(NC(=O)OC(C)(C)C)c1I. The Morgan fingerprint density at radius 1 is 1.60 bits per heavy atom. The Balaban J connectivity index is 2.63. The van der Waals surface area contributed by atoms with Crippen LogP contribution in [0.4, 0.5) is 10.6 Å². The molecule has 83 valence electrons. The van der Waals surface area contributed by atoms with Gasteiger partial charge in [0.05, 0.1) is 3.57 Å². The average molecular weight is 339 g/mol. The second-order valence-corrected chi connectivity index (χ2v) is 5.83. The Kier molecular flexibility index (Phi) is 3.93. The molecule has 6 heteroatoms. The highest BCUT2D eigenvalue weighted by Crippen LogP contribution is 2.24. The van der Waals surface area contributed by atoms with Gasteiger partial charge >= 0.3 is 6.09 Å². The van der Waals surface area contributed by atoms with Gasteiger partial charge in [0.25, 0.3) is 0 Å². The van der Waals surface area contributed by atoms with Gasteiger partial charge in [0.15, 0.2) is 5.82 Å². The number of hydrogen-bond donors (Lipinski definition) is 1. The van der Waals surface area contributed by atoms with Crippen LogP contribution in [0.5, 0.6) is 0 Å². The summed E-state index contributed by atoms with van der Waals surface area (Å²) < 4.78 is 9.99. The summed E-state index contributed by atoms with van der Waals surface area (Å²) in [5.41, 5.74) is -0.501. The van der Waals surface area contributed by atoms with Crippen molar-refractivity contribution in [3.05, 3.63) is 15.4 Å². The second-order valence-electron chi connectivity index (χ2n) is 3.90. The smallest absolute Gasteiger partial charge is 0.413 e. The van der Waals surface area contributed by atoms with E-state index in [0.29, 0.717) is 5.82 Å². The number of hydrogen-bond acceptors (Lipinski definition) is 4. The van der Waals surface area contributed by atoms with Crippen LogP contribution in [0.1, 0.15) is 25.6 Å². The lowest BCUT2D eigenvalue weighted by atomic mass is 10.2. The van der Waals surface area contributed by atoms with Gasteiger partial charge < -0.3 is 4.74 Å². The number of amides is 1. The highest BCUT2D eigenvalue weighted by atomic mass is 127. The normalized spacial score (nSPS) is 11.3. The molecular weight excluding hydrogens is 327 g/mol. The van der Waals surface area contributed by atoms with Crippen molar-refractivity contribution in [3.63, 3.8) is 0 Å². The molecule has 1 amide bonds. The van der Waals surface area contributed by atoms with Crippen LogP contribution in [0.25, 0.3) is 0 Å². The summed E-state index contributed by atoms with van der Waals surface area (Å²) in [5, 5.41) is 2.58. The van der Waals surface area contributed by atoms with E-state index >= 15 is 0 Å². The van der Waals surface area contributed by atoms with Crippen molar-refractivity contribution >= 4 is 46.0 Å². The first kappa shape index (κ1) is 12.7. The molecule has 0 aliphatic rings. The summed E-state index contributed by atoms with van der Waals surface area (Å²) in [5.74, 6) is 0.514. The molecular formula is C9H12IN2O2S. The Hall–Kier alpha value is -0.370. The molecule has 0 bridgehead atoms. The predicted molar refractivity (Wildman–Crippen MR) is 69.1 cm³/mol. The number of halogens is 1. The maximum atomic E-state index is 11.4. The summed E-state index contributed by atoms with van der Waals surface area (Å²) in [7, 11) is 0. The molecule has 0 unspecified atom stereocenters. The first-order chi connectivity index (χ1) is 6.79. The number of ether oxygens (including phenoxy) is 1. The molecule has 0 saturated heterocycles. The summed E-state index contributed by atoms with van der Waals surface area (Å²) in [6.45, 7) is 9.21. The van der Waals surface area contributed by atoms with Crippen LogP contribution in [0.2, 0.25) is 0 Å². The van der Waals surface area contributed by atoms with E-state index in [1.54, 1.807) is 0 Å². The van der Waals surface area contributed by atoms with Crippen molar-refractivity contribution in [2.45, 2.75) is 26.4 Å². The molecule has 0 fully saturated rings. The molecule has 0 aromatic carbocycles. The van der Waals surface area contributed by atoms with Gasteiger partial charge in [0, 0.05) is 4.88 Å². The van der Waals surface area contributed by atoms with Crippen LogP contribution in [0, 0.1) is 10.5 Å². The fraction of sp³-hybridized carbons (Fsp3) is 0.444. The molecule has 1 radical (unpaired) electrons. The van der Waals surface area contributed by atoms with Crippen LogP contribution in [-0.4, -0.2) is 16.1 Å². The minimum atomic E-state index is -0.501. The number of anilines is 1. The largest absolute Gasteiger partial charge is 0.444 e. The fourth-order valence-electron chi connectivity index (χ4n) is 0.791. The summed E-state index contributed by atoms with van der Waals surface area (Å²) >= 11 is 3.34. The average Bonchev–Trinajstić information content (AvgIpc) is 2.32. The van der Waals surface area contributed by atoms with Gasteiger partial charge in [-0.1, -0.05) is 0 Å². The van der Waals surface area contributed by atoms with Crippen molar-refractivity contribution < 1.29 is 9.53 Å². The quantitative estimate of drug-likeness (QED) is 0.799. The number of nitrogens with zero attached hydrogens (tertiary/aromatic N) is 1. The van der Waals surface area contributed by atoms with Crippen molar-refractivity contribution in [1.82, 2.24) is 4.37 Å². The lowest BCUT2D eigenvalue weighted by molar-refractivity contribution is 0.0635. The van der Waals surface area contributed by atoms with Crippen LogP contribution < -0.4 is 5.32 Å². The molecule has 0 aliphatic carbocycles. The zero-order valence-electron chi connectivity index (χ0n) is 8.76. The molecule has 0 saturated carbocycles. The molecule has 4 nitrogen and oxygen atoms in total. The minimum Gasteiger partial charge on any atom is -0.444 e. The van der Waals surface area contributed by atoms with Crippen LogP contribution >= 0.6 is 34.1 Å². The van der Waals surface area contributed by atoms with E-state index in [4.69, 9.17) is 4.74 Å². The Morgan fingerprint density at radius 2 is 2.20 bits per heavy atom. The highest BCUT2D eigenvalue weighted by Gasteiger charge is 2.18. The molecule has 15 heavy (non-hydrogen) atoms. The molecule has 0 spiro atoms. The molecule has 0 aliphatic heterocycles. The fourth-order valence-corrected chi connectivity index (χ4v) is 2.02. The topological polar surface area (TPSA) is 51.2 Å². The molecule has 1 rings (SSSR count). The Morgan fingerprint density at radius 3 is 2.60 bits per heavy atom. The summed E-state index contributed by atoms with van der Waals surface area (Å²) in [4.78, 5) is 12.2. The lowest BCUT2D eigenvalue weighted by Gasteiger charge is -2.19. The molecule has 1 heterocycles. The monoisotopic (exact) mass is 339 g/mol. The molecule has 1 N–H and O–H groups in total. The van der Waals surface area contributed by atoms with Crippen molar-refractivity contribution in [2.24, 2.45) is 0 Å². The predicted octanol–water partition coefficient (Wildman–Crippen LogP) is 3.28. The van der Waals surface area contributed by atoms with E-state index in [-0.39, 0.29) is 0 Å². The highest BCUT2D eigenvalue weighted by molar-refractivity contribution is 14.1. The Labute approximate surface area is 107 Å². The third-order valence-electron chi connectivity index (χ3n) is 1.32. The van der Waals surface area contributed by atoms with E-state index in [1.165, 1.54) is 11.5 Å². The van der Waals surface area contributed by atoms with E-state index in [1.807, 2.05) is 20.8 Å². The van der Waals surface area contributed by atoms with Crippen molar-refractivity contribution in [1.29, 1.82) is 0 Å². The third-order valence-corrected chi connectivity index (χ3v) is 3.55. The van der Waals surface area contributed by atoms with Gasteiger partial charge in [-0.15, -0.1) is 0 Å². The van der Waals surface area contributed by atoms with Gasteiger partial charge in [-0.2, -0.15) is 4.37 Å². The van der Waals surface area contributed by atoms with Gasteiger partial charge in [0.1, 0.15) is 5.60 Å². The first-order valence-electron chi connectivity index (χ1n) is 4.27. The van der Waals surface area contributed by atoms with Crippen LogP contribution in [-0.2, 0) is 4.74 Å². The van der Waals surface area contributed by atoms with Crippen molar-refractivity contribution in [3.8, 4) is 0 Å². The zero-order valence-corrected chi connectivity index (χ0v) is 11.7. The lowest BCUT2D eigenvalue weighted by Crippen LogP contribution is -2.27. The number of aromatic nitrogens is 1. The number of rotatable bonds is 1. The van der Waals surface area contributed by atoms with E-state index in [9.17, 15) is 4.79 Å². The van der Waals surface area contributed by atoms with Gasteiger partial charge in [-0.3, -0.25) is 5.32 Å². The standard InChI is InChI=1S/C9H12IN2O2S/c1-5-6(10)7(12-15-5)11-8(13)14-9(2,3)4/h1H2,2-4H3,(H,11,12,13). The Bertz CT molecular complexity index is 371. The van der Waals surface area contributed by atoms with Gasteiger partial charge in [-0.05, 0) is 61.8 Å². The van der Waals surface area contributed by atoms with Crippen LogP contribution in [0.15, 0.2) is 0 Å². The van der Waals surface area contributed by atoms with Crippen molar-refractivity contribution in [2.75, 3.05) is 5.32 Å².